The predicted octanol–water partition coefficient (Wildman–Crippen LogP) is 1.23. The molecule has 0 aliphatic rings. The lowest BCUT2D eigenvalue weighted by atomic mass is 10.1. The summed E-state index contributed by atoms with van der Waals surface area (Å²) in [4.78, 5) is 30.7. The van der Waals surface area contributed by atoms with Gasteiger partial charge in [0.25, 0.3) is 0 Å². The molecule has 7 nitrogen and oxygen atoms in total. The Kier molecular flexibility index (Phi) is 4.16. The van der Waals surface area contributed by atoms with Crippen LogP contribution in [0.3, 0.4) is 0 Å². The van der Waals surface area contributed by atoms with Gasteiger partial charge in [0.05, 0.1) is 11.4 Å². The van der Waals surface area contributed by atoms with Crippen molar-refractivity contribution in [2.45, 2.75) is 12.1 Å². The van der Waals surface area contributed by atoms with Crippen molar-refractivity contribution in [3.05, 3.63) is 46.5 Å². The van der Waals surface area contributed by atoms with Gasteiger partial charge in [0.15, 0.2) is 10.8 Å². The van der Waals surface area contributed by atoms with E-state index in [-0.39, 0.29) is 17.3 Å². The Morgan fingerprint density at radius 3 is 2.78 bits per heavy atom. The number of hydrogen-bond acceptors (Lipinski definition) is 5. The van der Waals surface area contributed by atoms with Crippen molar-refractivity contribution in [1.29, 1.82) is 0 Å². The standard InChI is InChI=1S/C15H15N5O2S/c1-9-12(10-6-4-3-5-7-10)13-17-14(23-8-11(21)16-2)18-15(22)20(13)19-9/h3-7H,8H2,1-2H3,(H,16,21)(H,17,18,22). The highest BCUT2D eigenvalue weighted by Gasteiger charge is 2.16. The van der Waals surface area contributed by atoms with Crippen molar-refractivity contribution in [2.24, 2.45) is 0 Å². The first kappa shape index (κ1) is 15.3. The molecule has 1 amide bonds. The second-order valence-electron chi connectivity index (χ2n) is 4.87. The normalized spacial score (nSPS) is 10.9. The Hall–Kier alpha value is -2.61. The maximum atomic E-state index is 12.2. The zero-order valence-electron chi connectivity index (χ0n) is 12.7. The molecule has 1 aromatic carbocycles. The Balaban J connectivity index is 2.11. The van der Waals surface area contributed by atoms with Crippen LogP contribution in [0.2, 0.25) is 0 Å². The van der Waals surface area contributed by atoms with Crippen molar-refractivity contribution in [3.63, 3.8) is 0 Å². The average Bonchev–Trinajstić information content (AvgIpc) is 2.90. The van der Waals surface area contributed by atoms with E-state index in [0.29, 0.717) is 10.8 Å². The number of aromatic nitrogens is 4. The molecule has 2 heterocycles. The topological polar surface area (TPSA) is 92.2 Å². The van der Waals surface area contributed by atoms with Gasteiger partial charge in [-0.05, 0) is 12.5 Å². The quantitative estimate of drug-likeness (QED) is 0.703. The molecule has 0 radical (unpaired) electrons. The maximum absolute atomic E-state index is 12.2. The molecular weight excluding hydrogens is 314 g/mol. The lowest BCUT2D eigenvalue weighted by Gasteiger charge is -2.03. The smallest absolute Gasteiger partial charge is 0.350 e. The van der Waals surface area contributed by atoms with Crippen LogP contribution in [0.4, 0.5) is 0 Å². The Morgan fingerprint density at radius 1 is 1.35 bits per heavy atom. The molecule has 2 N–H and O–H groups in total. The van der Waals surface area contributed by atoms with Crippen molar-refractivity contribution in [1.82, 2.24) is 24.9 Å². The fourth-order valence-corrected chi connectivity index (χ4v) is 2.97. The van der Waals surface area contributed by atoms with Crippen molar-refractivity contribution >= 4 is 23.3 Å². The van der Waals surface area contributed by atoms with E-state index in [4.69, 9.17) is 0 Å². The SMILES string of the molecule is CNC(=O)CSc1nc2c(-c3ccccc3)c(C)nn2c(=O)[nH]1. The van der Waals surface area contributed by atoms with Crippen molar-refractivity contribution < 1.29 is 4.79 Å². The number of H-pyrrole nitrogens is 1. The third-order valence-corrected chi connectivity index (χ3v) is 4.20. The number of hydrogen-bond donors (Lipinski definition) is 2. The molecule has 118 valence electrons. The lowest BCUT2D eigenvalue weighted by Crippen LogP contribution is -2.22. The summed E-state index contributed by atoms with van der Waals surface area (Å²) in [6.07, 6.45) is 0. The van der Waals surface area contributed by atoms with E-state index in [1.54, 1.807) is 7.05 Å². The van der Waals surface area contributed by atoms with Crippen LogP contribution in [0.15, 0.2) is 40.3 Å². The highest BCUT2D eigenvalue weighted by Crippen LogP contribution is 2.26. The van der Waals surface area contributed by atoms with E-state index in [1.165, 1.54) is 16.3 Å². The van der Waals surface area contributed by atoms with Crippen LogP contribution in [0.1, 0.15) is 5.69 Å². The van der Waals surface area contributed by atoms with E-state index in [2.05, 4.69) is 20.4 Å². The predicted molar refractivity (Wildman–Crippen MR) is 88.6 cm³/mol. The Bertz CT molecular complexity index is 917. The molecule has 0 atom stereocenters. The van der Waals surface area contributed by atoms with Crippen molar-refractivity contribution in [2.75, 3.05) is 12.8 Å². The van der Waals surface area contributed by atoms with E-state index >= 15 is 0 Å². The molecule has 0 unspecified atom stereocenters. The van der Waals surface area contributed by atoms with E-state index < -0.39 is 0 Å². The highest BCUT2D eigenvalue weighted by atomic mass is 32.2. The molecule has 0 saturated heterocycles. The number of aromatic amines is 1. The number of nitrogens with zero attached hydrogens (tertiary/aromatic N) is 3. The van der Waals surface area contributed by atoms with Crippen LogP contribution in [-0.4, -0.2) is 38.3 Å². The van der Waals surface area contributed by atoms with Gasteiger partial charge >= 0.3 is 5.69 Å². The van der Waals surface area contributed by atoms with Crippen LogP contribution in [-0.2, 0) is 4.79 Å². The van der Waals surface area contributed by atoms with Gasteiger partial charge in [-0.3, -0.25) is 9.78 Å². The molecule has 0 bridgehead atoms. The van der Waals surface area contributed by atoms with Crippen LogP contribution in [0, 0.1) is 6.92 Å². The second-order valence-corrected chi connectivity index (χ2v) is 5.83. The molecule has 3 aromatic rings. The number of benzene rings is 1. The number of rotatable bonds is 4. The summed E-state index contributed by atoms with van der Waals surface area (Å²) < 4.78 is 1.25. The summed E-state index contributed by atoms with van der Waals surface area (Å²) >= 11 is 1.18. The number of aryl methyl sites for hydroxylation is 1. The van der Waals surface area contributed by atoms with Crippen LogP contribution >= 0.6 is 11.8 Å². The van der Waals surface area contributed by atoms with E-state index in [1.807, 2.05) is 37.3 Å². The van der Waals surface area contributed by atoms with Gasteiger partial charge in [-0.1, -0.05) is 42.1 Å². The minimum atomic E-state index is -0.375. The number of thioether (sulfide) groups is 1. The first-order chi connectivity index (χ1) is 11.1. The molecule has 0 aliphatic heterocycles. The first-order valence-corrected chi connectivity index (χ1v) is 7.97. The molecule has 2 aromatic heterocycles. The van der Waals surface area contributed by atoms with Gasteiger partial charge in [0.2, 0.25) is 5.91 Å². The van der Waals surface area contributed by atoms with Crippen LogP contribution < -0.4 is 11.0 Å². The summed E-state index contributed by atoms with van der Waals surface area (Å²) in [5.74, 6) is 0.0501. The highest BCUT2D eigenvalue weighted by molar-refractivity contribution is 7.99. The fraction of sp³-hybridized carbons (Fsp3) is 0.200. The van der Waals surface area contributed by atoms with Gasteiger partial charge in [-0.25, -0.2) is 9.78 Å². The van der Waals surface area contributed by atoms with Crippen LogP contribution in [0.25, 0.3) is 16.8 Å². The van der Waals surface area contributed by atoms with Gasteiger partial charge in [0.1, 0.15) is 0 Å². The summed E-state index contributed by atoms with van der Waals surface area (Å²) in [6.45, 7) is 1.84. The molecule has 23 heavy (non-hydrogen) atoms. The average molecular weight is 329 g/mol. The molecule has 0 saturated carbocycles. The molecule has 0 fully saturated rings. The first-order valence-electron chi connectivity index (χ1n) is 6.98. The number of carbonyl (C=O) groups excluding carboxylic acids is 1. The largest absolute Gasteiger partial charge is 0.358 e. The zero-order chi connectivity index (χ0) is 16.4. The summed E-state index contributed by atoms with van der Waals surface area (Å²) in [5, 5.41) is 7.19. The van der Waals surface area contributed by atoms with Crippen LogP contribution in [0.5, 0.6) is 0 Å². The minimum absolute atomic E-state index is 0.134. The monoisotopic (exact) mass is 329 g/mol. The van der Waals surface area contributed by atoms with Gasteiger partial charge < -0.3 is 5.32 Å². The number of carbonyl (C=O) groups is 1. The van der Waals surface area contributed by atoms with E-state index in [9.17, 15) is 9.59 Å². The number of amides is 1. The lowest BCUT2D eigenvalue weighted by molar-refractivity contribution is -0.118. The summed E-state index contributed by atoms with van der Waals surface area (Å²) in [7, 11) is 1.57. The van der Waals surface area contributed by atoms with Gasteiger partial charge in [-0.15, -0.1) is 0 Å². The third-order valence-electron chi connectivity index (χ3n) is 3.33. The maximum Gasteiger partial charge on any atom is 0.350 e. The van der Waals surface area contributed by atoms with Gasteiger partial charge in [-0.2, -0.15) is 9.61 Å². The summed E-state index contributed by atoms with van der Waals surface area (Å²) in [5.41, 5.74) is 2.60. The number of nitrogens with one attached hydrogen (secondary N) is 2. The molecule has 8 heteroatoms. The Labute approximate surface area is 136 Å². The van der Waals surface area contributed by atoms with E-state index in [0.717, 1.165) is 16.8 Å². The number of fused-ring (bicyclic) bond motifs is 1. The van der Waals surface area contributed by atoms with Crippen molar-refractivity contribution in [3.8, 4) is 11.1 Å². The third kappa shape index (κ3) is 2.98. The molecule has 3 rings (SSSR count). The fourth-order valence-electron chi connectivity index (χ4n) is 2.25. The molecule has 0 spiro atoms. The molecule has 0 aliphatic carbocycles. The zero-order valence-corrected chi connectivity index (χ0v) is 13.5. The minimum Gasteiger partial charge on any atom is -0.358 e. The second kappa shape index (κ2) is 6.25. The van der Waals surface area contributed by atoms with Gasteiger partial charge in [0, 0.05) is 12.6 Å². The Morgan fingerprint density at radius 2 is 2.09 bits per heavy atom. The summed E-state index contributed by atoms with van der Waals surface area (Å²) in [6, 6.07) is 9.67. The molecular formula is C15H15N5O2S.